The van der Waals surface area contributed by atoms with Crippen molar-refractivity contribution in [2.45, 2.75) is 52.6 Å². The molecule has 0 aromatic carbocycles. The molecule has 4 heterocycles. The molecule has 0 saturated carbocycles. The predicted octanol–water partition coefficient (Wildman–Crippen LogP) is 2.09. The summed E-state index contributed by atoms with van der Waals surface area (Å²) in [4.78, 5) is 29.3. The van der Waals surface area contributed by atoms with Crippen LogP contribution in [0.1, 0.15) is 49.2 Å². The number of nitrogens with zero attached hydrogens (tertiary/aromatic N) is 5. The van der Waals surface area contributed by atoms with E-state index in [1.807, 2.05) is 42.8 Å². The van der Waals surface area contributed by atoms with Crippen molar-refractivity contribution in [3.8, 4) is 0 Å². The van der Waals surface area contributed by atoms with Gasteiger partial charge in [0.05, 0.1) is 12.2 Å². The highest BCUT2D eigenvalue weighted by Crippen LogP contribution is 2.42. The van der Waals surface area contributed by atoms with Gasteiger partial charge in [-0.2, -0.15) is 5.10 Å². The van der Waals surface area contributed by atoms with E-state index in [4.69, 9.17) is 4.52 Å². The second kappa shape index (κ2) is 7.07. The molecular formula is C20H27N5O3. The summed E-state index contributed by atoms with van der Waals surface area (Å²) < 4.78 is 6.92. The molecule has 1 spiro atoms. The number of aromatic nitrogens is 3. The van der Waals surface area contributed by atoms with Crippen LogP contribution in [0.4, 0.5) is 0 Å². The molecule has 8 heteroatoms. The molecule has 2 aromatic heterocycles. The van der Waals surface area contributed by atoms with Gasteiger partial charge in [0.2, 0.25) is 11.8 Å². The number of likely N-dealkylation sites (tertiary alicyclic amines) is 2. The maximum Gasteiger partial charge on any atom is 0.247 e. The van der Waals surface area contributed by atoms with Crippen LogP contribution in [0.2, 0.25) is 0 Å². The number of hydrogen-bond donors (Lipinski definition) is 0. The van der Waals surface area contributed by atoms with Gasteiger partial charge in [0, 0.05) is 49.4 Å². The van der Waals surface area contributed by atoms with Crippen molar-refractivity contribution < 1.29 is 14.1 Å². The Hall–Kier alpha value is -2.64. The minimum Gasteiger partial charge on any atom is -0.361 e. The molecule has 1 unspecified atom stereocenters. The Morgan fingerprint density at radius 2 is 2.07 bits per heavy atom. The van der Waals surface area contributed by atoms with Gasteiger partial charge >= 0.3 is 0 Å². The van der Waals surface area contributed by atoms with Gasteiger partial charge in [-0.25, -0.2) is 0 Å². The molecule has 2 saturated heterocycles. The summed E-state index contributed by atoms with van der Waals surface area (Å²) in [6.07, 6.45) is 5.78. The lowest BCUT2D eigenvalue weighted by molar-refractivity contribution is -0.136. The van der Waals surface area contributed by atoms with Crippen molar-refractivity contribution in [1.29, 1.82) is 0 Å². The van der Waals surface area contributed by atoms with Crippen LogP contribution in [-0.2, 0) is 16.1 Å². The second-order valence-corrected chi connectivity index (χ2v) is 8.22. The zero-order valence-corrected chi connectivity index (χ0v) is 16.7. The monoisotopic (exact) mass is 385 g/mol. The molecule has 0 radical (unpaired) electrons. The number of carbonyl (C=O) groups excluding carboxylic acids is 2. The Bertz CT molecular complexity index is 845. The maximum absolute atomic E-state index is 12.8. The lowest BCUT2D eigenvalue weighted by atomic mass is 9.77. The zero-order chi connectivity index (χ0) is 19.9. The Morgan fingerprint density at radius 3 is 2.68 bits per heavy atom. The predicted molar refractivity (Wildman–Crippen MR) is 101 cm³/mol. The molecule has 0 aliphatic carbocycles. The first-order valence-electron chi connectivity index (χ1n) is 9.86. The summed E-state index contributed by atoms with van der Waals surface area (Å²) in [5.41, 5.74) is 1.83. The van der Waals surface area contributed by atoms with Gasteiger partial charge in [0.25, 0.3) is 0 Å². The Morgan fingerprint density at radius 1 is 1.32 bits per heavy atom. The highest BCUT2D eigenvalue weighted by atomic mass is 16.5. The Labute approximate surface area is 164 Å². The van der Waals surface area contributed by atoms with E-state index >= 15 is 0 Å². The summed E-state index contributed by atoms with van der Waals surface area (Å²) in [7, 11) is 0. The van der Waals surface area contributed by atoms with E-state index in [1.165, 1.54) is 0 Å². The highest BCUT2D eigenvalue weighted by Gasteiger charge is 2.46. The van der Waals surface area contributed by atoms with E-state index in [-0.39, 0.29) is 23.3 Å². The maximum atomic E-state index is 12.8. The average molecular weight is 385 g/mol. The fraction of sp³-hybridized carbons (Fsp3) is 0.600. The van der Waals surface area contributed by atoms with Gasteiger partial charge < -0.3 is 14.3 Å². The molecule has 4 rings (SSSR count). The third-order valence-corrected chi connectivity index (χ3v) is 6.35. The van der Waals surface area contributed by atoms with Crippen LogP contribution in [0.3, 0.4) is 0 Å². The summed E-state index contributed by atoms with van der Waals surface area (Å²) in [5, 5.41) is 8.17. The van der Waals surface area contributed by atoms with Crippen molar-refractivity contribution in [1.82, 2.24) is 24.7 Å². The van der Waals surface area contributed by atoms with Crippen molar-refractivity contribution in [2.75, 3.05) is 19.6 Å². The quantitative estimate of drug-likeness (QED) is 0.805. The van der Waals surface area contributed by atoms with Gasteiger partial charge in [0.15, 0.2) is 0 Å². The van der Waals surface area contributed by atoms with E-state index in [1.54, 1.807) is 10.9 Å². The second-order valence-electron chi connectivity index (χ2n) is 8.22. The van der Waals surface area contributed by atoms with E-state index in [0.29, 0.717) is 26.1 Å². The van der Waals surface area contributed by atoms with Crippen molar-refractivity contribution >= 4 is 11.8 Å². The highest BCUT2D eigenvalue weighted by molar-refractivity contribution is 5.81. The zero-order valence-electron chi connectivity index (χ0n) is 16.7. The molecule has 2 aliphatic rings. The van der Waals surface area contributed by atoms with Crippen LogP contribution >= 0.6 is 0 Å². The number of aryl methyl sites for hydroxylation is 2. The standard InChI is InChI=1S/C20H27N5O3/c1-14-17(16(3)28-22-14)12-24-13-20(11-18(24)26)5-9-23(10-6-20)19(27)15(2)25-8-4-7-21-25/h4,7-8,15H,5-6,9-13H2,1-3H3. The van der Waals surface area contributed by atoms with Gasteiger partial charge in [-0.15, -0.1) is 0 Å². The van der Waals surface area contributed by atoms with Crippen LogP contribution in [0.5, 0.6) is 0 Å². The number of piperidine rings is 1. The smallest absolute Gasteiger partial charge is 0.247 e. The van der Waals surface area contributed by atoms with E-state index in [2.05, 4.69) is 10.3 Å². The molecule has 1 atom stereocenters. The van der Waals surface area contributed by atoms with Gasteiger partial charge in [0.1, 0.15) is 11.8 Å². The summed E-state index contributed by atoms with van der Waals surface area (Å²) in [5.74, 6) is 1.06. The minimum atomic E-state index is -0.301. The molecule has 2 aromatic rings. The van der Waals surface area contributed by atoms with Gasteiger partial charge in [-0.1, -0.05) is 5.16 Å². The SMILES string of the molecule is Cc1noc(C)c1CN1CC2(CCN(C(=O)C(C)n3cccn3)CC2)CC1=O. The van der Waals surface area contributed by atoms with Crippen LogP contribution < -0.4 is 0 Å². The van der Waals surface area contributed by atoms with Crippen molar-refractivity contribution in [3.05, 3.63) is 35.5 Å². The first-order chi connectivity index (χ1) is 13.4. The largest absolute Gasteiger partial charge is 0.361 e. The lowest BCUT2D eigenvalue weighted by Gasteiger charge is -2.39. The Kier molecular flexibility index (Phi) is 4.72. The molecular weight excluding hydrogens is 358 g/mol. The molecule has 2 fully saturated rings. The topological polar surface area (TPSA) is 84.5 Å². The third kappa shape index (κ3) is 3.31. The minimum absolute atomic E-state index is 0.0260. The molecule has 2 aliphatic heterocycles. The lowest BCUT2D eigenvalue weighted by Crippen LogP contribution is -2.46. The summed E-state index contributed by atoms with van der Waals surface area (Å²) in [6.45, 7) is 8.36. The normalized spacial score (nSPS) is 20.2. The van der Waals surface area contributed by atoms with Crippen LogP contribution in [0.15, 0.2) is 23.0 Å². The Balaban J connectivity index is 1.38. The number of amides is 2. The van der Waals surface area contributed by atoms with Gasteiger partial charge in [-0.3, -0.25) is 14.3 Å². The number of rotatable bonds is 4. The first kappa shape index (κ1) is 18.7. The number of carbonyl (C=O) groups is 2. The fourth-order valence-electron chi connectivity index (χ4n) is 4.47. The first-order valence-corrected chi connectivity index (χ1v) is 9.86. The van der Waals surface area contributed by atoms with E-state index in [9.17, 15) is 9.59 Å². The van der Waals surface area contributed by atoms with Crippen molar-refractivity contribution in [2.24, 2.45) is 5.41 Å². The van der Waals surface area contributed by atoms with E-state index < -0.39 is 0 Å². The molecule has 150 valence electrons. The number of hydrogen-bond acceptors (Lipinski definition) is 5. The summed E-state index contributed by atoms with van der Waals surface area (Å²) in [6, 6.07) is 1.53. The average Bonchev–Trinajstić information content (AvgIpc) is 3.39. The molecule has 8 nitrogen and oxygen atoms in total. The fourth-order valence-corrected chi connectivity index (χ4v) is 4.47. The van der Waals surface area contributed by atoms with Crippen LogP contribution in [-0.4, -0.2) is 56.2 Å². The van der Waals surface area contributed by atoms with E-state index in [0.717, 1.165) is 36.4 Å². The van der Waals surface area contributed by atoms with Crippen LogP contribution in [0, 0.1) is 19.3 Å². The van der Waals surface area contributed by atoms with Crippen LogP contribution in [0.25, 0.3) is 0 Å². The molecule has 28 heavy (non-hydrogen) atoms. The molecule has 0 N–H and O–H groups in total. The van der Waals surface area contributed by atoms with Crippen molar-refractivity contribution in [3.63, 3.8) is 0 Å². The molecule has 2 amide bonds. The molecule has 0 bridgehead atoms. The summed E-state index contributed by atoms with van der Waals surface area (Å²) >= 11 is 0. The van der Waals surface area contributed by atoms with Gasteiger partial charge in [-0.05, 0) is 39.7 Å². The third-order valence-electron chi connectivity index (χ3n) is 6.35.